The maximum Gasteiger partial charge on any atom is 0.240 e. The first-order valence-corrected chi connectivity index (χ1v) is 11.9. The second-order valence-electron chi connectivity index (χ2n) is 7.56. The molecule has 0 aliphatic carbocycles. The predicted molar refractivity (Wildman–Crippen MR) is 128 cm³/mol. The van der Waals surface area contributed by atoms with E-state index in [-0.39, 0.29) is 4.90 Å². The largest absolute Gasteiger partial charge is 0.361 e. The summed E-state index contributed by atoms with van der Waals surface area (Å²) in [5.74, 6) is 0.608. The molecule has 2 aromatic heterocycles. The van der Waals surface area contributed by atoms with E-state index in [1.807, 2.05) is 54.7 Å². The van der Waals surface area contributed by atoms with Crippen molar-refractivity contribution in [1.82, 2.24) is 24.9 Å². The van der Waals surface area contributed by atoms with Gasteiger partial charge in [-0.05, 0) is 30.8 Å². The van der Waals surface area contributed by atoms with Gasteiger partial charge in [0.05, 0.1) is 4.90 Å². The molecule has 0 amide bonds. The van der Waals surface area contributed by atoms with Crippen LogP contribution in [0, 0.1) is 0 Å². The van der Waals surface area contributed by atoms with Crippen LogP contribution in [0.5, 0.6) is 0 Å². The van der Waals surface area contributed by atoms with E-state index in [2.05, 4.69) is 26.0 Å². The van der Waals surface area contributed by atoms with Crippen LogP contribution in [0.25, 0.3) is 33.4 Å². The minimum atomic E-state index is -3.52. The van der Waals surface area contributed by atoms with Gasteiger partial charge in [-0.2, -0.15) is 0 Å². The van der Waals surface area contributed by atoms with E-state index >= 15 is 0 Å². The van der Waals surface area contributed by atoms with Gasteiger partial charge in [0, 0.05) is 34.6 Å². The van der Waals surface area contributed by atoms with Gasteiger partial charge in [0.15, 0.2) is 5.82 Å². The van der Waals surface area contributed by atoms with Crippen LogP contribution in [0.15, 0.2) is 90.0 Å². The first-order valence-electron chi connectivity index (χ1n) is 10.4. The number of sulfonamides is 1. The number of nitrogens with one attached hydrogen (secondary N) is 2. The second kappa shape index (κ2) is 8.57. The normalized spacial score (nSPS) is 11.7. The molecule has 2 heterocycles. The SMILES string of the molecule is CNS(=O)(=O)c1ccc(-c2nnc(Cc3c[nH]c4ccccc34)nc2-c2ccccc2)cc1. The summed E-state index contributed by atoms with van der Waals surface area (Å²) in [6.07, 6.45) is 2.52. The van der Waals surface area contributed by atoms with Crippen LogP contribution in [0.2, 0.25) is 0 Å². The summed E-state index contributed by atoms with van der Waals surface area (Å²) in [5.41, 5.74) is 5.11. The van der Waals surface area contributed by atoms with Crippen molar-refractivity contribution in [1.29, 1.82) is 0 Å². The van der Waals surface area contributed by atoms with E-state index < -0.39 is 10.0 Å². The van der Waals surface area contributed by atoms with Crippen molar-refractivity contribution in [2.45, 2.75) is 11.3 Å². The van der Waals surface area contributed by atoms with Crippen molar-refractivity contribution in [3.63, 3.8) is 0 Å². The number of aromatic amines is 1. The quantitative estimate of drug-likeness (QED) is 0.400. The Kier molecular flexibility index (Phi) is 5.45. The number of para-hydroxylation sites is 1. The topological polar surface area (TPSA) is 101 Å². The average molecular weight is 456 g/mol. The Morgan fingerprint density at radius 1 is 0.818 bits per heavy atom. The zero-order valence-corrected chi connectivity index (χ0v) is 18.7. The van der Waals surface area contributed by atoms with Gasteiger partial charge >= 0.3 is 0 Å². The maximum atomic E-state index is 12.1. The lowest BCUT2D eigenvalue weighted by atomic mass is 10.0. The molecule has 2 N–H and O–H groups in total. The second-order valence-corrected chi connectivity index (χ2v) is 9.45. The van der Waals surface area contributed by atoms with Crippen LogP contribution in [-0.4, -0.2) is 35.6 Å². The third-order valence-electron chi connectivity index (χ3n) is 5.51. The summed E-state index contributed by atoms with van der Waals surface area (Å²) in [7, 11) is -2.13. The number of rotatable bonds is 6. The minimum Gasteiger partial charge on any atom is -0.361 e. The summed E-state index contributed by atoms with van der Waals surface area (Å²) in [5, 5.41) is 10.0. The molecular formula is C25H21N5O2S. The molecule has 33 heavy (non-hydrogen) atoms. The smallest absolute Gasteiger partial charge is 0.240 e. The lowest BCUT2D eigenvalue weighted by molar-refractivity contribution is 0.588. The average Bonchev–Trinajstić information content (AvgIpc) is 3.27. The van der Waals surface area contributed by atoms with Gasteiger partial charge in [0.1, 0.15) is 11.4 Å². The van der Waals surface area contributed by atoms with Gasteiger partial charge < -0.3 is 4.98 Å². The van der Waals surface area contributed by atoms with E-state index in [0.29, 0.717) is 23.6 Å². The first-order chi connectivity index (χ1) is 16.0. The van der Waals surface area contributed by atoms with Crippen LogP contribution in [0.3, 0.4) is 0 Å². The van der Waals surface area contributed by atoms with E-state index in [4.69, 9.17) is 4.98 Å². The number of fused-ring (bicyclic) bond motifs is 1. The van der Waals surface area contributed by atoms with Crippen LogP contribution in [0.4, 0.5) is 0 Å². The fourth-order valence-corrected chi connectivity index (χ4v) is 4.51. The standard InChI is InChI=1S/C25H21N5O2S/c1-26-33(31,32)20-13-11-18(12-14-20)25-24(17-7-3-2-4-8-17)28-23(29-30-25)15-19-16-27-22-10-6-5-9-21(19)22/h2-14,16,26-27H,15H2,1H3. The number of nitrogens with zero attached hydrogens (tertiary/aromatic N) is 3. The first kappa shape index (κ1) is 21.0. The zero-order valence-electron chi connectivity index (χ0n) is 17.9. The van der Waals surface area contributed by atoms with Crippen molar-refractivity contribution < 1.29 is 8.42 Å². The summed E-state index contributed by atoms with van der Waals surface area (Å²) in [6.45, 7) is 0. The lowest BCUT2D eigenvalue weighted by Gasteiger charge is -2.10. The zero-order chi connectivity index (χ0) is 22.8. The van der Waals surface area contributed by atoms with Crippen molar-refractivity contribution >= 4 is 20.9 Å². The van der Waals surface area contributed by atoms with Crippen molar-refractivity contribution in [2.24, 2.45) is 0 Å². The highest BCUT2D eigenvalue weighted by Crippen LogP contribution is 2.29. The molecule has 0 atom stereocenters. The highest BCUT2D eigenvalue weighted by atomic mass is 32.2. The maximum absolute atomic E-state index is 12.1. The molecular weight excluding hydrogens is 434 g/mol. The molecule has 0 saturated carbocycles. The Bertz CT molecular complexity index is 1530. The van der Waals surface area contributed by atoms with E-state index in [1.165, 1.54) is 7.05 Å². The molecule has 0 saturated heterocycles. The third-order valence-corrected chi connectivity index (χ3v) is 6.94. The van der Waals surface area contributed by atoms with E-state index in [9.17, 15) is 8.42 Å². The fraction of sp³-hybridized carbons (Fsp3) is 0.0800. The van der Waals surface area contributed by atoms with Crippen LogP contribution >= 0.6 is 0 Å². The molecule has 5 aromatic rings. The van der Waals surface area contributed by atoms with E-state index in [1.54, 1.807) is 24.3 Å². The number of H-pyrrole nitrogens is 1. The van der Waals surface area contributed by atoms with Crippen molar-refractivity contribution in [3.05, 3.63) is 96.4 Å². The van der Waals surface area contributed by atoms with E-state index in [0.717, 1.165) is 27.6 Å². The molecule has 0 bridgehead atoms. The number of hydrogen-bond acceptors (Lipinski definition) is 5. The molecule has 0 aliphatic rings. The van der Waals surface area contributed by atoms with Gasteiger partial charge in [-0.25, -0.2) is 18.1 Å². The van der Waals surface area contributed by atoms with Crippen LogP contribution in [0.1, 0.15) is 11.4 Å². The van der Waals surface area contributed by atoms with Gasteiger partial charge in [-0.15, -0.1) is 10.2 Å². The van der Waals surface area contributed by atoms with Crippen LogP contribution < -0.4 is 4.72 Å². The van der Waals surface area contributed by atoms with Gasteiger partial charge in [-0.3, -0.25) is 0 Å². The molecule has 0 unspecified atom stereocenters. The molecule has 0 aliphatic heterocycles. The summed E-state index contributed by atoms with van der Waals surface area (Å²) < 4.78 is 26.5. The van der Waals surface area contributed by atoms with Crippen LogP contribution in [-0.2, 0) is 16.4 Å². The molecule has 0 fully saturated rings. The molecule has 164 valence electrons. The lowest BCUT2D eigenvalue weighted by Crippen LogP contribution is -2.18. The van der Waals surface area contributed by atoms with Gasteiger partial charge in [0.2, 0.25) is 10.0 Å². The number of hydrogen-bond donors (Lipinski definition) is 2. The minimum absolute atomic E-state index is 0.187. The Balaban J connectivity index is 1.57. The molecule has 0 spiro atoms. The molecule has 0 radical (unpaired) electrons. The summed E-state index contributed by atoms with van der Waals surface area (Å²) in [4.78, 5) is 8.34. The monoisotopic (exact) mass is 455 g/mol. The fourth-order valence-electron chi connectivity index (χ4n) is 3.78. The molecule has 5 rings (SSSR count). The molecule has 7 nitrogen and oxygen atoms in total. The summed E-state index contributed by atoms with van der Waals surface area (Å²) >= 11 is 0. The highest BCUT2D eigenvalue weighted by Gasteiger charge is 2.17. The van der Waals surface area contributed by atoms with Crippen molar-refractivity contribution in [3.8, 4) is 22.5 Å². The van der Waals surface area contributed by atoms with Gasteiger partial charge in [-0.1, -0.05) is 60.7 Å². The predicted octanol–water partition coefficient (Wildman–Crippen LogP) is 4.19. The Morgan fingerprint density at radius 2 is 1.52 bits per heavy atom. The Morgan fingerprint density at radius 3 is 2.27 bits per heavy atom. The Hall–Kier alpha value is -3.88. The van der Waals surface area contributed by atoms with Crippen molar-refractivity contribution in [2.75, 3.05) is 7.05 Å². The Labute approximate surface area is 191 Å². The highest BCUT2D eigenvalue weighted by molar-refractivity contribution is 7.89. The molecule has 8 heteroatoms. The third kappa shape index (κ3) is 4.13. The summed E-state index contributed by atoms with van der Waals surface area (Å²) in [6, 6.07) is 24.5. The molecule has 3 aromatic carbocycles. The number of aromatic nitrogens is 4. The number of benzene rings is 3. The van der Waals surface area contributed by atoms with Gasteiger partial charge in [0.25, 0.3) is 0 Å².